The number of benzene rings is 2. The predicted molar refractivity (Wildman–Crippen MR) is 115 cm³/mol. The van der Waals surface area contributed by atoms with E-state index in [1.165, 1.54) is 34.8 Å². The maximum absolute atomic E-state index is 12.6. The number of methoxy groups -OCH3 is 1. The zero-order valence-electron chi connectivity index (χ0n) is 15.5. The Morgan fingerprint density at radius 3 is 2.76 bits per heavy atom. The quantitative estimate of drug-likeness (QED) is 0.336. The Labute approximate surface area is 173 Å². The number of thiazole rings is 1. The molecule has 9 heteroatoms. The third-order valence-electron chi connectivity index (χ3n) is 4.35. The lowest BCUT2D eigenvalue weighted by atomic mass is 10.1. The smallest absolute Gasteiger partial charge is 0.270 e. The number of anilines is 1. The molecule has 0 aliphatic heterocycles. The number of thiophene rings is 1. The van der Waals surface area contributed by atoms with Gasteiger partial charge in [-0.25, -0.2) is 4.98 Å². The summed E-state index contributed by atoms with van der Waals surface area (Å²) in [5.74, 6) is 0.517. The van der Waals surface area contributed by atoms with Crippen LogP contribution in [0.2, 0.25) is 0 Å². The molecule has 4 aromatic rings. The van der Waals surface area contributed by atoms with E-state index in [0.717, 1.165) is 27.3 Å². The largest absolute Gasteiger partial charge is 0.496 e. The summed E-state index contributed by atoms with van der Waals surface area (Å²) in [6.45, 7) is 1.96. The number of nitrogens with zero attached hydrogens (tertiary/aromatic N) is 2. The fourth-order valence-electron chi connectivity index (χ4n) is 2.92. The first kappa shape index (κ1) is 19.0. The standard InChI is InChI=1S/C20H15N3O4S2/c1-11-7-12(3-5-16(11)27-2)15-10-28-20(21-15)22-19(24)18-9-13-8-14(23(25)26)4-6-17(13)29-18/h3-10H,1-2H3,(H,21,22,24). The van der Waals surface area contributed by atoms with Crippen molar-refractivity contribution in [3.05, 3.63) is 68.4 Å². The van der Waals surface area contributed by atoms with Crippen LogP contribution in [0, 0.1) is 17.0 Å². The van der Waals surface area contributed by atoms with E-state index < -0.39 is 4.92 Å². The van der Waals surface area contributed by atoms with E-state index in [2.05, 4.69) is 10.3 Å². The van der Waals surface area contributed by atoms with Gasteiger partial charge in [-0.1, -0.05) is 0 Å². The Bertz CT molecular complexity index is 1250. The first-order valence-electron chi connectivity index (χ1n) is 8.54. The summed E-state index contributed by atoms with van der Waals surface area (Å²) in [6.07, 6.45) is 0. The summed E-state index contributed by atoms with van der Waals surface area (Å²) in [5.41, 5.74) is 2.71. The average Bonchev–Trinajstić information content (AvgIpc) is 3.34. The number of hydrogen-bond acceptors (Lipinski definition) is 7. The van der Waals surface area contributed by atoms with Crippen LogP contribution in [0.25, 0.3) is 21.3 Å². The van der Waals surface area contributed by atoms with E-state index in [-0.39, 0.29) is 11.6 Å². The lowest BCUT2D eigenvalue weighted by Gasteiger charge is -2.05. The van der Waals surface area contributed by atoms with E-state index in [9.17, 15) is 14.9 Å². The molecule has 4 rings (SSSR count). The van der Waals surface area contributed by atoms with E-state index >= 15 is 0 Å². The fourth-order valence-corrected chi connectivity index (χ4v) is 4.57. The zero-order valence-corrected chi connectivity index (χ0v) is 17.1. The molecule has 2 aromatic carbocycles. The van der Waals surface area contributed by atoms with Crippen LogP contribution in [0.15, 0.2) is 47.8 Å². The van der Waals surface area contributed by atoms with Crippen molar-refractivity contribution in [1.29, 1.82) is 0 Å². The molecule has 0 aliphatic carbocycles. The molecule has 29 heavy (non-hydrogen) atoms. The van der Waals surface area contributed by atoms with Gasteiger partial charge in [0.15, 0.2) is 5.13 Å². The number of aromatic nitrogens is 1. The maximum atomic E-state index is 12.6. The summed E-state index contributed by atoms with van der Waals surface area (Å²) in [4.78, 5) is 28.0. The number of non-ortho nitro benzene ring substituents is 1. The van der Waals surface area contributed by atoms with Crippen molar-refractivity contribution >= 4 is 49.5 Å². The number of ether oxygens (including phenoxy) is 1. The van der Waals surface area contributed by atoms with Gasteiger partial charge in [0.1, 0.15) is 5.75 Å². The molecule has 0 saturated carbocycles. The van der Waals surface area contributed by atoms with Gasteiger partial charge in [0.25, 0.3) is 11.6 Å². The Hall–Kier alpha value is -3.30. The summed E-state index contributed by atoms with van der Waals surface area (Å²) < 4.78 is 6.09. The number of aryl methyl sites for hydroxylation is 1. The first-order chi connectivity index (χ1) is 13.9. The molecule has 0 aliphatic rings. The SMILES string of the molecule is COc1ccc(-c2csc(NC(=O)c3cc4cc([N+](=O)[O-])ccc4s3)n2)cc1C. The number of rotatable bonds is 5. The van der Waals surface area contributed by atoms with Gasteiger partial charge in [0, 0.05) is 33.2 Å². The summed E-state index contributed by atoms with van der Waals surface area (Å²) in [7, 11) is 1.63. The number of nitro benzene ring substituents is 1. The highest BCUT2D eigenvalue weighted by Gasteiger charge is 2.15. The molecule has 0 radical (unpaired) electrons. The Morgan fingerprint density at radius 1 is 1.21 bits per heavy atom. The van der Waals surface area contributed by atoms with E-state index in [4.69, 9.17) is 4.74 Å². The van der Waals surface area contributed by atoms with Crippen molar-refractivity contribution in [1.82, 2.24) is 4.98 Å². The third-order valence-corrected chi connectivity index (χ3v) is 6.22. The molecule has 1 amide bonds. The molecule has 0 bridgehead atoms. The van der Waals surface area contributed by atoms with Crippen LogP contribution >= 0.6 is 22.7 Å². The Kier molecular flexibility index (Phi) is 4.99. The minimum atomic E-state index is -0.450. The Morgan fingerprint density at radius 2 is 2.03 bits per heavy atom. The third kappa shape index (κ3) is 3.82. The lowest BCUT2D eigenvalue weighted by Crippen LogP contribution is -2.09. The molecule has 2 aromatic heterocycles. The van der Waals surface area contributed by atoms with Crippen LogP contribution in [-0.4, -0.2) is 22.9 Å². The number of nitrogens with one attached hydrogen (secondary N) is 1. The van der Waals surface area contributed by atoms with Gasteiger partial charge < -0.3 is 4.74 Å². The molecule has 0 atom stereocenters. The highest BCUT2D eigenvalue weighted by Crippen LogP contribution is 2.31. The molecular weight excluding hydrogens is 410 g/mol. The topological polar surface area (TPSA) is 94.4 Å². The number of carbonyl (C=O) groups excluding carboxylic acids is 1. The van der Waals surface area contributed by atoms with Gasteiger partial charge in [-0.2, -0.15) is 0 Å². The second-order valence-electron chi connectivity index (χ2n) is 6.27. The van der Waals surface area contributed by atoms with Crippen LogP contribution in [0.1, 0.15) is 15.2 Å². The molecule has 0 unspecified atom stereocenters. The van der Waals surface area contributed by atoms with Gasteiger partial charge in [-0.05, 0) is 42.8 Å². The maximum Gasteiger partial charge on any atom is 0.270 e. The van der Waals surface area contributed by atoms with Gasteiger partial charge in [0.05, 0.1) is 22.6 Å². The van der Waals surface area contributed by atoms with Crippen molar-refractivity contribution in [3.8, 4) is 17.0 Å². The minimum absolute atomic E-state index is 0.00149. The first-order valence-corrected chi connectivity index (χ1v) is 10.2. The molecule has 2 heterocycles. The van der Waals surface area contributed by atoms with Crippen molar-refractivity contribution in [2.45, 2.75) is 6.92 Å². The number of hydrogen-bond donors (Lipinski definition) is 1. The normalized spacial score (nSPS) is 10.8. The second-order valence-corrected chi connectivity index (χ2v) is 8.21. The molecule has 0 spiro atoms. The molecule has 146 valence electrons. The van der Waals surface area contributed by atoms with Gasteiger partial charge in [-0.15, -0.1) is 22.7 Å². The lowest BCUT2D eigenvalue weighted by molar-refractivity contribution is -0.384. The number of carbonyl (C=O) groups is 1. The van der Waals surface area contributed by atoms with Crippen LogP contribution in [-0.2, 0) is 0 Å². The molecule has 1 N–H and O–H groups in total. The van der Waals surface area contributed by atoms with Crippen LogP contribution in [0.5, 0.6) is 5.75 Å². The van der Waals surface area contributed by atoms with E-state index in [1.54, 1.807) is 19.2 Å². The van der Waals surface area contributed by atoms with Gasteiger partial charge in [0.2, 0.25) is 0 Å². The van der Waals surface area contributed by atoms with Crippen LogP contribution < -0.4 is 10.1 Å². The zero-order chi connectivity index (χ0) is 20.5. The molecule has 0 fully saturated rings. The number of fused-ring (bicyclic) bond motifs is 1. The summed E-state index contributed by atoms with van der Waals surface area (Å²) in [5, 5.41) is 16.8. The van der Waals surface area contributed by atoms with Crippen molar-refractivity contribution < 1.29 is 14.5 Å². The second kappa shape index (κ2) is 7.61. The van der Waals surface area contributed by atoms with E-state index in [0.29, 0.717) is 15.4 Å². The monoisotopic (exact) mass is 425 g/mol. The summed E-state index contributed by atoms with van der Waals surface area (Å²) >= 11 is 2.62. The highest BCUT2D eigenvalue weighted by atomic mass is 32.1. The summed E-state index contributed by atoms with van der Waals surface area (Å²) in [6, 6.07) is 12.0. The molecular formula is C20H15N3O4S2. The van der Waals surface area contributed by atoms with Crippen molar-refractivity contribution in [2.75, 3.05) is 12.4 Å². The van der Waals surface area contributed by atoms with Crippen molar-refractivity contribution in [3.63, 3.8) is 0 Å². The highest BCUT2D eigenvalue weighted by molar-refractivity contribution is 7.21. The molecule has 0 saturated heterocycles. The van der Waals surface area contributed by atoms with Crippen LogP contribution in [0.3, 0.4) is 0 Å². The number of nitro groups is 1. The van der Waals surface area contributed by atoms with Crippen molar-refractivity contribution in [2.24, 2.45) is 0 Å². The average molecular weight is 425 g/mol. The van der Waals surface area contributed by atoms with E-state index in [1.807, 2.05) is 30.5 Å². The molecule has 7 nitrogen and oxygen atoms in total. The van der Waals surface area contributed by atoms with Crippen LogP contribution in [0.4, 0.5) is 10.8 Å². The van der Waals surface area contributed by atoms with Gasteiger partial charge in [-0.3, -0.25) is 20.2 Å². The number of amides is 1. The minimum Gasteiger partial charge on any atom is -0.496 e. The Balaban J connectivity index is 1.54. The van der Waals surface area contributed by atoms with Gasteiger partial charge >= 0.3 is 0 Å². The fraction of sp³-hybridized carbons (Fsp3) is 0.100. The predicted octanol–water partition coefficient (Wildman–Crippen LogP) is 5.50.